The smallest absolute Gasteiger partial charge is 0.230 e. The summed E-state index contributed by atoms with van der Waals surface area (Å²) < 4.78 is 2.05. The van der Waals surface area contributed by atoms with Crippen LogP contribution in [0.4, 0.5) is 0 Å². The molecule has 0 saturated heterocycles. The number of benzene rings is 3. The highest BCUT2D eigenvalue weighted by molar-refractivity contribution is 7.99. The zero-order valence-corrected chi connectivity index (χ0v) is 21.4. The number of nitriles is 1. The van der Waals surface area contributed by atoms with E-state index in [4.69, 9.17) is 0 Å². The maximum absolute atomic E-state index is 12.9. The minimum atomic E-state index is -0.0308. The van der Waals surface area contributed by atoms with Crippen LogP contribution in [0.3, 0.4) is 0 Å². The van der Waals surface area contributed by atoms with E-state index in [1.807, 2.05) is 66.2 Å². The molecule has 7 heteroatoms. The van der Waals surface area contributed by atoms with Crippen molar-refractivity contribution in [2.24, 2.45) is 0 Å². The Kier molecular flexibility index (Phi) is 8.29. The van der Waals surface area contributed by atoms with Crippen LogP contribution in [0.25, 0.3) is 16.5 Å². The number of aromatic hydroxyl groups is 1. The molecule has 1 unspecified atom stereocenters. The lowest BCUT2D eigenvalue weighted by molar-refractivity contribution is -0.119. The monoisotopic (exact) mass is 498 g/mol. The quantitative estimate of drug-likeness (QED) is 0.265. The van der Waals surface area contributed by atoms with Crippen LogP contribution in [0, 0.1) is 18.3 Å². The summed E-state index contributed by atoms with van der Waals surface area (Å²) >= 11 is 1.41. The summed E-state index contributed by atoms with van der Waals surface area (Å²) in [5, 5.41) is 24.9. The van der Waals surface area contributed by atoms with Gasteiger partial charge in [-0.05, 0) is 49.6 Å². The Labute approximate surface area is 216 Å². The minimum absolute atomic E-state index is 0.0308. The lowest BCUT2D eigenvalue weighted by Crippen LogP contribution is -2.37. The molecule has 0 bridgehead atoms. The van der Waals surface area contributed by atoms with Gasteiger partial charge in [-0.15, -0.1) is 0 Å². The lowest BCUT2D eigenvalue weighted by Gasteiger charge is -2.19. The summed E-state index contributed by atoms with van der Waals surface area (Å²) in [5.74, 6) is 0.463. The molecule has 0 aliphatic heterocycles. The van der Waals surface area contributed by atoms with Gasteiger partial charge in [-0.2, -0.15) is 5.26 Å². The van der Waals surface area contributed by atoms with Crippen molar-refractivity contribution >= 4 is 28.4 Å². The third-order valence-corrected chi connectivity index (χ3v) is 7.14. The van der Waals surface area contributed by atoms with E-state index in [0.717, 1.165) is 58.6 Å². The first-order valence-electron chi connectivity index (χ1n) is 12.2. The van der Waals surface area contributed by atoms with Gasteiger partial charge < -0.3 is 10.4 Å². The Morgan fingerprint density at radius 3 is 2.61 bits per heavy atom. The number of thioether (sulfide) groups is 1. The Morgan fingerprint density at radius 1 is 1.14 bits per heavy atom. The average molecular weight is 499 g/mol. The predicted molar refractivity (Wildman–Crippen MR) is 145 cm³/mol. The number of aryl methyl sites for hydroxylation is 1. The Hall–Kier alpha value is -3.76. The van der Waals surface area contributed by atoms with Crippen LogP contribution in [0.5, 0.6) is 5.75 Å². The summed E-state index contributed by atoms with van der Waals surface area (Å²) in [7, 11) is 0. The molecule has 0 aliphatic carbocycles. The van der Waals surface area contributed by atoms with Crippen molar-refractivity contribution < 1.29 is 9.90 Å². The number of hydrogen-bond donors (Lipinski definition) is 2. The van der Waals surface area contributed by atoms with Gasteiger partial charge >= 0.3 is 0 Å². The molecule has 0 saturated carbocycles. The summed E-state index contributed by atoms with van der Waals surface area (Å²) in [6, 6.07) is 21.1. The molecule has 0 aliphatic rings. The number of fused-ring (bicyclic) bond motifs is 1. The predicted octanol–water partition coefficient (Wildman–Crippen LogP) is 5.92. The highest BCUT2D eigenvalue weighted by atomic mass is 32.2. The summed E-state index contributed by atoms with van der Waals surface area (Å²) in [6.45, 7) is 4.13. The molecule has 1 heterocycles. The Bertz CT molecular complexity index is 1390. The molecule has 1 aromatic heterocycles. The maximum atomic E-state index is 12.9. The number of phenols is 1. The number of rotatable bonds is 10. The molecule has 0 fully saturated rings. The van der Waals surface area contributed by atoms with Gasteiger partial charge in [0.25, 0.3) is 0 Å². The van der Waals surface area contributed by atoms with Gasteiger partial charge in [0.05, 0.1) is 23.1 Å². The first kappa shape index (κ1) is 25.3. The molecule has 0 spiro atoms. The van der Waals surface area contributed by atoms with Crippen molar-refractivity contribution in [2.45, 2.75) is 50.7 Å². The van der Waals surface area contributed by atoms with Crippen LogP contribution >= 0.6 is 11.8 Å². The van der Waals surface area contributed by atoms with E-state index in [1.165, 1.54) is 11.8 Å². The second-order valence-electron chi connectivity index (χ2n) is 8.87. The Morgan fingerprint density at radius 2 is 1.89 bits per heavy atom. The van der Waals surface area contributed by atoms with Gasteiger partial charge in [-0.3, -0.25) is 9.36 Å². The first-order chi connectivity index (χ1) is 17.5. The molecule has 2 N–H and O–H groups in total. The van der Waals surface area contributed by atoms with Crippen LogP contribution in [-0.2, 0) is 11.2 Å². The molecule has 1 amide bonds. The fourth-order valence-electron chi connectivity index (χ4n) is 4.38. The normalized spacial score (nSPS) is 11.8. The minimum Gasteiger partial charge on any atom is -0.508 e. The highest BCUT2D eigenvalue weighted by Gasteiger charge is 2.17. The molecule has 0 radical (unpaired) electrons. The van der Waals surface area contributed by atoms with E-state index in [1.54, 1.807) is 12.1 Å². The van der Waals surface area contributed by atoms with Crippen LogP contribution in [-0.4, -0.2) is 32.4 Å². The zero-order valence-electron chi connectivity index (χ0n) is 20.6. The van der Waals surface area contributed by atoms with Gasteiger partial charge in [0.2, 0.25) is 5.91 Å². The molecule has 4 rings (SSSR count). The number of aromatic nitrogens is 2. The summed E-state index contributed by atoms with van der Waals surface area (Å²) in [6.07, 6.45) is 5.53. The first-order valence-corrected chi connectivity index (χ1v) is 13.1. The number of carbonyl (C=O) groups is 1. The SMILES string of the molecule is CCCCC(Cc1ccc(O)cc1)NC(=O)CSc1ncc(C)n1-c1ccc(C#N)c2ccccc12. The third kappa shape index (κ3) is 5.89. The molecular formula is C29H30N4O2S. The third-order valence-electron chi connectivity index (χ3n) is 6.19. The number of phenolic OH excluding ortho intramolecular Hbond substituents is 1. The second kappa shape index (κ2) is 11.8. The molecule has 4 aromatic rings. The zero-order chi connectivity index (χ0) is 25.5. The second-order valence-corrected chi connectivity index (χ2v) is 9.82. The van der Waals surface area contributed by atoms with Crippen molar-refractivity contribution in [3.05, 3.63) is 83.7 Å². The summed E-state index contributed by atoms with van der Waals surface area (Å²) in [5.41, 5.74) is 3.62. The van der Waals surface area contributed by atoms with Gasteiger partial charge in [0.1, 0.15) is 5.75 Å². The van der Waals surface area contributed by atoms with Crippen molar-refractivity contribution in [1.29, 1.82) is 5.26 Å². The topological polar surface area (TPSA) is 90.9 Å². The molecular weight excluding hydrogens is 468 g/mol. The standard InChI is InChI=1S/C29H30N4O2S/c1-3-4-7-23(16-21-10-13-24(34)14-11-21)32-28(35)19-36-29-31-18-20(2)33(29)27-15-12-22(17-30)25-8-5-6-9-26(25)27/h5-6,8-15,18,23,34H,3-4,7,16,19H2,1-2H3,(H,32,35). The van der Waals surface area contributed by atoms with Crippen molar-refractivity contribution in [1.82, 2.24) is 14.9 Å². The number of amides is 1. The molecule has 184 valence electrons. The molecule has 3 aromatic carbocycles. The van der Waals surface area contributed by atoms with E-state index in [9.17, 15) is 15.2 Å². The van der Waals surface area contributed by atoms with E-state index >= 15 is 0 Å². The van der Waals surface area contributed by atoms with Crippen LogP contribution in [0.15, 0.2) is 72.0 Å². The largest absolute Gasteiger partial charge is 0.508 e. The average Bonchev–Trinajstić information content (AvgIpc) is 3.26. The number of hydrogen-bond acceptors (Lipinski definition) is 5. The molecule has 6 nitrogen and oxygen atoms in total. The maximum Gasteiger partial charge on any atom is 0.230 e. The number of carbonyl (C=O) groups excluding carboxylic acids is 1. The van der Waals surface area contributed by atoms with Gasteiger partial charge in [0, 0.05) is 28.7 Å². The van der Waals surface area contributed by atoms with E-state index < -0.39 is 0 Å². The fraction of sp³-hybridized carbons (Fsp3) is 0.276. The molecule has 36 heavy (non-hydrogen) atoms. The number of imidazole rings is 1. The lowest BCUT2D eigenvalue weighted by atomic mass is 10.0. The van der Waals surface area contributed by atoms with Gasteiger partial charge in [-0.1, -0.05) is 67.9 Å². The Balaban J connectivity index is 1.49. The van der Waals surface area contributed by atoms with E-state index in [2.05, 4.69) is 23.3 Å². The number of nitrogens with one attached hydrogen (secondary N) is 1. The van der Waals surface area contributed by atoms with Crippen LogP contribution in [0.1, 0.15) is 43.0 Å². The summed E-state index contributed by atoms with van der Waals surface area (Å²) in [4.78, 5) is 17.5. The van der Waals surface area contributed by atoms with E-state index in [-0.39, 0.29) is 23.5 Å². The number of nitrogens with zero attached hydrogens (tertiary/aromatic N) is 3. The van der Waals surface area contributed by atoms with Crippen molar-refractivity contribution in [3.63, 3.8) is 0 Å². The van der Waals surface area contributed by atoms with Gasteiger partial charge in [0.15, 0.2) is 5.16 Å². The van der Waals surface area contributed by atoms with Crippen LogP contribution < -0.4 is 5.32 Å². The fourth-order valence-corrected chi connectivity index (χ4v) is 5.22. The highest BCUT2D eigenvalue weighted by Crippen LogP contribution is 2.30. The number of unbranched alkanes of at least 4 members (excludes halogenated alkanes) is 1. The van der Waals surface area contributed by atoms with E-state index in [0.29, 0.717) is 5.56 Å². The van der Waals surface area contributed by atoms with Crippen molar-refractivity contribution in [2.75, 3.05) is 5.75 Å². The van der Waals surface area contributed by atoms with Crippen LogP contribution in [0.2, 0.25) is 0 Å². The van der Waals surface area contributed by atoms with Crippen molar-refractivity contribution in [3.8, 4) is 17.5 Å². The van der Waals surface area contributed by atoms with Gasteiger partial charge in [-0.25, -0.2) is 4.98 Å². The molecule has 1 atom stereocenters.